The quantitative estimate of drug-likeness (QED) is 0.732. The average Bonchev–Trinajstić information content (AvgIpc) is 3.29. The monoisotopic (exact) mass is 338 g/mol. The van der Waals surface area contributed by atoms with E-state index in [-0.39, 0.29) is 5.91 Å². The van der Waals surface area contributed by atoms with Crippen molar-refractivity contribution in [3.8, 4) is 0 Å². The molecule has 3 aromatic heterocycles. The van der Waals surface area contributed by atoms with Gasteiger partial charge in [-0.1, -0.05) is 0 Å². The largest absolute Gasteiger partial charge is 0.464 e. The van der Waals surface area contributed by atoms with Crippen LogP contribution in [0.15, 0.2) is 22.6 Å². The maximum absolute atomic E-state index is 13.1. The summed E-state index contributed by atoms with van der Waals surface area (Å²) < 4.78 is 7.37. The van der Waals surface area contributed by atoms with Gasteiger partial charge in [-0.25, -0.2) is 4.98 Å². The molecule has 0 bridgehead atoms. The van der Waals surface area contributed by atoms with Crippen LogP contribution in [0.5, 0.6) is 0 Å². The van der Waals surface area contributed by atoms with Crippen LogP contribution in [0.4, 0.5) is 0 Å². The first-order valence-corrected chi connectivity index (χ1v) is 8.59. The van der Waals surface area contributed by atoms with E-state index < -0.39 is 0 Å². The molecule has 0 aromatic carbocycles. The van der Waals surface area contributed by atoms with E-state index in [1.807, 2.05) is 39.1 Å². The van der Waals surface area contributed by atoms with Crippen molar-refractivity contribution >= 4 is 16.9 Å². The highest BCUT2D eigenvalue weighted by atomic mass is 16.3. The van der Waals surface area contributed by atoms with Gasteiger partial charge >= 0.3 is 0 Å². The van der Waals surface area contributed by atoms with Gasteiger partial charge in [-0.3, -0.25) is 9.48 Å². The number of furan rings is 1. The van der Waals surface area contributed by atoms with Crippen LogP contribution in [0.2, 0.25) is 0 Å². The number of aromatic nitrogens is 3. The van der Waals surface area contributed by atoms with Crippen molar-refractivity contribution in [2.24, 2.45) is 7.05 Å². The summed E-state index contributed by atoms with van der Waals surface area (Å²) in [4.78, 5) is 19.6. The highest BCUT2D eigenvalue weighted by Crippen LogP contribution is 2.40. The second-order valence-electron chi connectivity index (χ2n) is 6.95. The van der Waals surface area contributed by atoms with Gasteiger partial charge in [-0.2, -0.15) is 5.10 Å². The fourth-order valence-corrected chi connectivity index (χ4v) is 3.30. The Hall–Kier alpha value is -2.63. The molecule has 0 radical (unpaired) electrons. The van der Waals surface area contributed by atoms with Crippen molar-refractivity contribution in [2.75, 3.05) is 7.05 Å². The van der Waals surface area contributed by atoms with Gasteiger partial charge in [0, 0.05) is 25.7 Å². The zero-order valence-corrected chi connectivity index (χ0v) is 15.0. The molecule has 0 N–H and O–H groups in total. The molecule has 1 aliphatic carbocycles. The Bertz CT molecular complexity index is 965. The van der Waals surface area contributed by atoms with Crippen LogP contribution in [-0.2, 0) is 13.6 Å². The molecule has 0 atom stereocenters. The van der Waals surface area contributed by atoms with Crippen molar-refractivity contribution in [3.63, 3.8) is 0 Å². The summed E-state index contributed by atoms with van der Waals surface area (Å²) in [6, 6.07) is 5.78. The summed E-state index contributed by atoms with van der Waals surface area (Å²) in [5, 5.41) is 5.31. The molecule has 3 aromatic rings. The summed E-state index contributed by atoms with van der Waals surface area (Å²) >= 11 is 0. The van der Waals surface area contributed by atoms with E-state index in [1.54, 1.807) is 16.6 Å². The van der Waals surface area contributed by atoms with Crippen molar-refractivity contribution in [1.29, 1.82) is 0 Å². The molecule has 3 heterocycles. The summed E-state index contributed by atoms with van der Waals surface area (Å²) in [5.41, 5.74) is 3.30. The van der Waals surface area contributed by atoms with Crippen molar-refractivity contribution in [1.82, 2.24) is 19.7 Å². The first kappa shape index (κ1) is 15.9. The molecule has 0 spiro atoms. The number of hydrogen-bond donors (Lipinski definition) is 0. The minimum Gasteiger partial charge on any atom is -0.464 e. The predicted octanol–water partition coefficient (Wildman–Crippen LogP) is 3.33. The molecule has 1 fully saturated rings. The zero-order valence-electron chi connectivity index (χ0n) is 15.0. The number of hydrogen-bond acceptors (Lipinski definition) is 4. The molecular formula is C19H22N4O2. The first-order chi connectivity index (χ1) is 11.9. The van der Waals surface area contributed by atoms with E-state index in [0.717, 1.165) is 46.8 Å². The third-order valence-corrected chi connectivity index (χ3v) is 4.75. The maximum Gasteiger partial charge on any atom is 0.254 e. The summed E-state index contributed by atoms with van der Waals surface area (Å²) in [5.74, 6) is 2.08. The van der Waals surface area contributed by atoms with Gasteiger partial charge in [0.15, 0.2) is 5.65 Å². The van der Waals surface area contributed by atoms with Crippen LogP contribution in [-0.4, -0.2) is 32.6 Å². The van der Waals surface area contributed by atoms with Crippen LogP contribution in [0.25, 0.3) is 11.0 Å². The molecule has 1 saturated carbocycles. The highest BCUT2D eigenvalue weighted by molar-refractivity contribution is 6.06. The lowest BCUT2D eigenvalue weighted by atomic mass is 10.1. The standard InChI is InChI=1S/C19H22N4O2/c1-11-5-8-14(25-11)10-22(3)19(24)15-9-16(13-6-7-13)20-18-17(15)12(2)21-23(18)4/h5,8-9,13H,6-7,10H2,1-4H3. The smallest absolute Gasteiger partial charge is 0.254 e. The minimum atomic E-state index is -0.0283. The van der Waals surface area contributed by atoms with Gasteiger partial charge < -0.3 is 9.32 Å². The second kappa shape index (κ2) is 5.72. The molecule has 0 unspecified atom stereocenters. The number of pyridine rings is 1. The van der Waals surface area contributed by atoms with E-state index in [0.29, 0.717) is 18.0 Å². The lowest BCUT2D eigenvalue weighted by Crippen LogP contribution is -2.26. The fourth-order valence-electron chi connectivity index (χ4n) is 3.30. The summed E-state index contributed by atoms with van der Waals surface area (Å²) in [7, 11) is 3.68. The number of nitrogens with zero attached hydrogens (tertiary/aromatic N) is 4. The van der Waals surface area contributed by atoms with E-state index >= 15 is 0 Å². The maximum atomic E-state index is 13.1. The average molecular weight is 338 g/mol. The van der Waals surface area contributed by atoms with Gasteiger partial charge in [0.05, 0.1) is 23.2 Å². The summed E-state index contributed by atoms with van der Waals surface area (Å²) in [6.45, 7) is 4.26. The van der Waals surface area contributed by atoms with Gasteiger partial charge in [0.2, 0.25) is 0 Å². The number of carbonyl (C=O) groups is 1. The number of amides is 1. The molecule has 4 rings (SSSR count). The first-order valence-electron chi connectivity index (χ1n) is 8.59. The van der Waals surface area contributed by atoms with Crippen LogP contribution < -0.4 is 0 Å². The van der Waals surface area contributed by atoms with Crippen LogP contribution in [0.3, 0.4) is 0 Å². The molecule has 25 heavy (non-hydrogen) atoms. The van der Waals surface area contributed by atoms with E-state index in [9.17, 15) is 4.79 Å². The van der Waals surface area contributed by atoms with Gasteiger partial charge in [-0.15, -0.1) is 0 Å². The Labute approximate surface area is 146 Å². The van der Waals surface area contributed by atoms with E-state index in [2.05, 4.69) is 5.10 Å². The molecule has 1 aliphatic rings. The molecule has 0 saturated heterocycles. The summed E-state index contributed by atoms with van der Waals surface area (Å²) in [6.07, 6.45) is 2.29. The van der Waals surface area contributed by atoms with Crippen LogP contribution in [0, 0.1) is 13.8 Å². The van der Waals surface area contributed by atoms with Crippen molar-refractivity contribution in [3.05, 3.63) is 46.7 Å². The predicted molar refractivity (Wildman–Crippen MR) is 94.5 cm³/mol. The highest BCUT2D eigenvalue weighted by Gasteiger charge is 2.29. The van der Waals surface area contributed by atoms with E-state index in [4.69, 9.17) is 9.40 Å². The van der Waals surface area contributed by atoms with Gasteiger partial charge in [-0.05, 0) is 44.9 Å². The Morgan fingerprint density at radius 2 is 2.12 bits per heavy atom. The Morgan fingerprint density at radius 3 is 2.76 bits per heavy atom. The zero-order chi connectivity index (χ0) is 17.7. The van der Waals surface area contributed by atoms with Crippen molar-refractivity contribution in [2.45, 2.75) is 39.2 Å². The lowest BCUT2D eigenvalue weighted by molar-refractivity contribution is 0.0776. The van der Waals surface area contributed by atoms with Gasteiger partial charge in [0.1, 0.15) is 11.5 Å². The Kier molecular flexibility index (Phi) is 3.63. The third kappa shape index (κ3) is 2.81. The molecule has 6 heteroatoms. The Balaban J connectivity index is 1.74. The number of aryl methyl sites for hydroxylation is 3. The Morgan fingerprint density at radius 1 is 1.36 bits per heavy atom. The molecular weight excluding hydrogens is 316 g/mol. The number of rotatable bonds is 4. The molecule has 0 aliphatic heterocycles. The molecule has 130 valence electrons. The number of carbonyl (C=O) groups excluding carboxylic acids is 1. The molecule has 6 nitrogen and oxygen atoms in total. The lowest BCUT2D eigenvalue weighted by Gasteiger charge is -2.17. The third-order valence-electron chi connectivity index (χ3n) is 4.75. The van der Waals surface area contributed by atoms with Crippen LogP contribution in [0.1, 0.15) is 52.0 Å². The van der Waals surface area contributed by atoms with Crippen LogP contribution >= 0.6 is 0 Å². The SMILES string of the molecule is Cc1ccc(CN(C)C(=O)c2cc(C3CC3)nc3c2c(C)nn3C)o1. The molecule has 1 amide bonds. The van der Waals surface area contributed by atoms with Crippen molar-refractivity contribution < 1.29 is 9.21 Å². The van der Waals surface area contributed by atoms with E-state index in [1.165, 1.54) is 0 Å². The fraction of sp³-hybridized carbons (Fsp3) is 0.421. The topological polar surface area (TPSA) is 64.2 Å². The normalized spacial score (nSPS) is 14.2. The minimum absolute atomic E-state index is 0.0283. The number of fused-ring (bicyclic) bond motifs is 1. The second-order valence-corrected chi connectivity index (χ2v) is 6.95. The van der Waals surface area contributed by atoms with Gasteiger partial charge in [0.25, 0.3) is 5.91 Å².